The lowest BCUT2D eigenvalue weighted by Crippen LogP contribution is -2.18. The lowest BCUT2D eigenvalue weighted by Gasteiger charge is -1.95. The minimum atomic E-state index is -4.91. The fourth-order valence-corrected chi connectivity index (χ4v) is 1.18. The predicted octanol–water partition coefficient (Wildman–Crippen LogP) is -1.40. The zero-order valence-electron chi connectivity index (χ0n) is 6.57. The van der Waals surface area contributed by atoms with Crippen LogP contribution in [0.25, 0.3) is 0 Å². The first-order valence-corrected chi connectivity index (χ1v) is 5.94. The van der Waals surface area contributed by atoms with Crippen molar-refractivity contribution in [1.29, 1.82) is 0 Å². The average Bonchev–Trinajstić information content (AvgIpc) is 1.95. The van der Waals surface area contributed by atoms with E-state index in [0.29, 0.717) is 0 Å². The van der Waals surface area contributed by atoms with Gasteiger partial charge in [0, 0.05) is 12.8 Å². The average molecular weight is 246 g/mol. The lowest BCUT2D eigenvalue weighted by atomic mass is 10.4. The molecule has 0 rings (SSSR count). The first-order valence-electron chi connectivity index (χ1n) is 3.06. The summed E-state index contributed by atoms with van der Waals surface area (Å²) in [6.07, 6.45) is -2.01. The third-order valence-corrected chi connectivity index (χ3v) is 2.67. The van der Waals surface area contributed by atoms with Gasteiger partial charge < -0.3 is 0 Å². The molecule has 82 valence electrons. The number of carbonyl (C=O) groups excluding carboxylic acids is 2. The molecular formula is C4H6O8S2. The summed E-state index contributed by atoms with van der Waals surface area (Å²) in [5.41, 5.74) is 0. The summed E-state index contributed by atoms with van der Waals surface area (Å²) >= 11 is 0. The predicted molar refractivity (Wildman–Crippen MR) is 42.3 cm³/mol. The van der Waals surface area contributed by atoms with Crippen LogP contribution < -0.4 is 0 Å². The highest BCUT2D eigenvalue weighted by molar-refractivity contribution is 8.01. The van der Waals surface area contributed by atoms with E-state index in [0.717, 1.165) is 0 Å². The second kappa shape index (κ2) is 4.13. The maximum absolute atomic E-state index is 10.4. The van der Waals surface area contributed by atoms with Crippen LogP contribution in [-0.4, -0.2) is 36.2 Å². The maximum Gasteiger partial charge on any atom is 0.328 e. The fraction of sp³-hybridized carbons (Fsp3) is 0.500. The standard InChI is InChI=1S/C4H6O8S2/c5-3(13(7,8)9)1-2-4(6)14(10,11)12/h1-2H2,(H,7,8,9)(H,10,11,12). The van der Waals surface area contributed by atoms with E-state index in [2.05, 4.69) is 0 Å². The van der Waals surface area contributed by atoms with Crippen LogP contribution in [0.3, 0.4) is 0 Å². The minimum Gasteiger partial charge on any atom is -0.280 e. The second-order valence-electron chi connectivity index (χ2n) is 2.19. The summed E-state index contributed by atoms with van der Waals surface area (Å²) < 4.78 is 56.5. The number of hydrogen-bond donors (Lipinski definition) is 2. The van der Waals surface area contributed by atoms with Gasteiger partial charge in [-0.15, -0.1) is 0 Å². The van der Waals surface area contributed by atoms with Crippen LogP contribution in [0, 0.1) is 0 Å². The van der Waals surface area contributed by atoms with Crippen molar-refractivity contribution in [2.45, 2.75) is 12.8 Å². The minimum absolute atomic E-state index is 1.00. The Hall–Kier alpha value is -0.840. The molecule has 0 aromatic rings. The Morgan fingerprint density at radius 3 is 1.14 bits per heavy atom. The molecule has 0 bridgehead atoms. The summed E-state index contributed by atoms with van der Waals surface area (Å²) in [5, 5.41) is -3.37. The molecule has 0 aliphatic rings. The topological polar surface area (TPSA) is 143 Å². The molecule has 0 aliphatic carbocycles. The molecule has 2 N–H and O–H groups in total. The van der Waals surface area contributed by atoms with Gasteiger partial charge in [-0.1, -0.05) is 0 Å². The van der Waals surface area contributed by atoms with E-state index >= 15 is 0 Å². The number of hydrogen-bond acceptors (Lipinski definition) is 6. The molecule has 0 saturated heterocycles. The molecule has 0 fully saturated rings. The van der Waals surface area contributed by atoms with Crippen molar-refractivity contribution in [3.8, 4) is 0 Å². The van der Waals surface area contributed by atoms with Crippen molar-refractivity contribution in [2.24, 2.45) is 0 Å². The van der Waals surface area contributed by atoms with Crippen LogP contribution in [0.1, 0.15) is 12.8 Å². The second-order valence-corrected chi connectivity index (χ2v) is 5.01. The molecule has 0 aliphatic heterocycles. The van der Waals surface area contributed by atoms with E-state index in [1.165, 1.54) is 0 Å². The van der Waals surface area contributed by atoms with Gasteiger partial charge in [-0.25, -0.2) is 0 Å². The van der Waals surface area contributed by atoms with Gasteiger partial charge in [0.25, 0.3) is 10.2 Å². The summed E-state index contributed by atoms with van der Waals surface area (Å²) in [6, 6.07) is 0. The van der Waals surface area contributed by atoms with Gasteiger partial charge >= 0.3 is 20.2 Å². The Kier molecular flexibility index (Phi) is 3.88. The quantitative estimate of drug-likeness (QED) is 0.578. The summed E-state index contributed by atoms with van der Waals surface area (Å²) in [4.78, 5) is 20.9. The molecule has 10 heteroatoms. The van der Waals surface area contributed by atoms with Crippen molar-refractivity contribution in [1.82, 2.24) is 0 Å². The molecule has 0 radical (unpaired) electrons. The first-order chi connectivity index (χ1) is 6.05. The highest BCUT2D eigenvalue weighted by atomic mass is 32.2. The summed E-state index contributed by atoms with van der Waals surface area (Å²) in [5.74, 6) is 0. The first kappa shape index (κ1) is 13.2. The summed E-state index contributed by atoms with van der Waals surface area (Å²) in [6.45, 7) is 0. The Morgan fingerprint density at radius 1 is 0.786 bits per heavy atom. The Balaban J connectivity index is 4.39. The highest BCUT2D eigenvalue weighted by Crippen LogP contribution is 2.01. The molecule has 0 amide bonds. The fourth-order valence-electron chi connectivity index (χ4n) is 0.462. The van der Waals surface area contributed by atoms with E-state index in [1.54, 1.807) is 0 Å². The molecule has 8 nitrogen and oxygen atoms in total. The largest absolute Gasteiger partial charge is 0.328 e. The van der Waals surface area contributed by atoms with Gasteiger partial charge in [0.2, 0.25) is 0 Å². The van der Waals surface area contributed by atoms with Gasteiger partial charge in [0.15, 0.2) is 0 Å². The third kappa shape index (κ3) is 4.41. The molecule has 14 heavy (non-hydrogen) atoms. The van der Waals surface area contributed by atoms with Crippen LogP contribution in [0.2, 0.25) is 0 Å². The summed E-state index contributed by atoms with van der Waals surface area (Å²) in [7, 11) is -9.82. The van der Waals surface area contributed by atoms with E-state index in [4.69, 9.17) is 9.11 Å². The van der Waals surface area contributed by atoms with Crippen molar-refractivity contribution < 1.29 is 35.5 Å². The molecule has 0 spiro atoms. The Bertz CT molecular complexity index is 396. The molecule has 0 heterocycles. The zero-order valence-corrected chi connectivity index (χ0v) is 8.21. The Labute approximate surface area is 79.4 Å². The smallest absolute Gasteiger partial charge is 0.280 e. The molecule has 0 aromatic heterocycles. The van der Waals surface area contributed by atoms with Gasteiger partial charge in [0.1, 0.15) is 0 Å². The number of carbonyl (C=O) groups is 2. The molecule has 0 aromatic carbocycles. The van der Waals surface area contributed by atoms with Crippen LogP contribution in [0.4, 0.5) is 0 Å². The van der Waals surface area contributed by atoms with E-state index < -0.39 is 43.3 Å². The lowest BCUT2D eigenvalue weighted by molar-refractivity contribution is -0.116. The SMILES string of the molecule is O=C(CCC(=O)S(=O)(=O)O)S(=O)(=O)O. The molecule has 0 saturated carbocycles. The van der Waals surface area contributed by atoms with Crippen LogP contribution in [-0.2, 0) is 29.8 Å². The monoisotopic (exact) mass is 246 g/mol. The number of rotatable bonds is 3. The van der Waals surface area contributed by atoms with Gasteiger partial charge in [-0.05, 0) is 0 Å². The molecule has 0 atom stereocenters. The normalized spacial score (nSPS) is 12.4. The van der Waals surface area contributed by atoms with E-state index in [9.17, 15) is 26.4 Å². The van der Waals surface area contributed by atoms with Gasteiger partial charge in [-0.2, -0.15) is 16.8 Å². The zero-order chi connectivity index (χ0) is 11.6. The van der Waals surface area contributed by atoms with Crippen LogP contribution in [0.15, 0.2) is 0 Å². The van der Waals surface area contributed by atoms with Crippen molar-refractivity contribution in [2.75, 3.05) is 0 Å². The van der Waals surface area contributed by atoms with E-state index in [1.807, 2.05) is 0 Å². The van der Waals surface area contributed by atoms with Crippen molar-refractivity contribution in [3.05, 3.63) is 0 Å². The van der Waals surface area contributed by atoms with Crippen molar-refractivity contribution in [3.63, 3.8) is 0 Å². The maximum atomic E-state index is 10.4. The van der Waals surface area contributed by atoms with Gasteiger partial charge in [0.05, 0.1) is 0 Å². The Morgan fingerprint density at radius 2 is 1.00 bits per heavy atom. The van der Waals surface area contributed by atoms with Crippen LogP contribution in [0.5, 0.6) is 0 Å². The molecular weight excluding hydrogens is 240 g/mol. The molecule has 0 unspecified atom stereocenters. The van der Waals surface area contributed by atoms with Gasteiger partial charge in [-0.3, -0.25) is 18.7 Å². The highest BCUT2D eigenvalue weighted by Gasteiger charge is 2.24. The van der Waals surface area contributed by atoms with Crippen molar-refractivity contribution >= 4 is 30.5 Å². The van der Waals surface area contributed by atoms with E-state index in [-0.39, 0.29) is 0 Å². The third-order valence-electron chi connectivity index (χ3n) is 1.11. The van der Waals surface area contributed by atoms with Crippen LogP contribution >= 0.6 is 0 Å².